The van der Waals surface area contributed by atoms with Crippen LogP contribution in [0.25, 0.3) is 0 Å². The summed E-state index contributed by atoms with van der Waals surface area (Å²) in [7, 11) is 0. The molecule has 34 heavy (non-hydrogen) atoms. The fraction of sp³-hybridized carbons (Fsp3) is 0.276. The predicted molar refractivity (Wildman–Crippen MR) is 137 cm³/mol. The van der Waals surface area contributed by atoms with E-state index in [1.807, 2.05) is 24.3 Å². The van der Waals surface area contributed by atoms with Gasteiger partial charge in [-0.05, 0) is 73.7 Å². The van der Waals surface area contributed by atoms with Crippen molar-refractivity contribution < 1.29 is 9.18 Å². The number of nitrogens with one attached hydrogen (secondary N) is 2. The van der Waals surface area contributed by atoms with Crippen LogP contribution in [-0.2, 0) is 4.79 Å². The Morgan fingerprint density at radius 1 is 0.853 bits per heavy atom. The quantitative estimate of drug-likeness (QED) is 0.452. The normalized spacial score (nSPS) is 19.4. The van der Waals surface area contributed by atoms with Crippen molar-refractivity contribution in [3.63, 3.8) is 0 Å². The lowest BCUT2D eigenvalue weighted by atomic mass is 9.78. The molecule has 2 atom stereocenters. The summed E-state index contributed by atoms with van der Waals surface area (Å²) in [4.78, 5) is 15.9. The fourth-order valence-electron chi connectivity index (χ4n) is 5.18. The van der Waals surface area contributed by atoms with Gasteiger partial charge in [0.2, 0.25) is 0 Å². The van der Waals surface area contributed by atoms with Crippen molar-refractivity contribution in [2.24, 2.45) is 0 Å². The highest BCUT2D eigenvalue weighted by atomic mass is 19.1. The number of benzene rings is 3. The molecule has 3 aromatic rings. The number of hydrogen-bond acceptors (Lipinski definition) is 4. The standard InChI is InChI=1S/C29H30FN3O/c1-3-33(4-2)23-15-11-20(12-16-23)29-28-26(31-24-7-5-6-8-25(24)32-29)17-21(18-27(28)34)19-9-13-22(30)14-10-19/h5-16,21,29,31-32H,3-4,17-18H2,1-2H3/t21-,29-/m0/s1. The summed E-state index contributed by atoms with van der Waals surface area (Å²) in [6.45, 7) is 6.21. The number of nitrogens with zero attached hydrogens (tertiary/aromatic N) is 1. The molecule has 3 aromatic carbocycles. The highest BCUT2D eigenvalue weighted by Gasteiger charge is 2.36. The van der Waals surface area contributed by atoms with Crippen LogP contribution in [0.1, 0.15) is 49.8 Å². The van der Waals surface area contributed by atoms with Crippen molar-refractivity contribution >= 4 is 22.8 Å². The van der Waals surface area contributed by atoms with Crippen molar-refractivity contribution in [3.05, 3.63) is 101 Å². The van der Waals surface area contributed by atoms with Gasteiger partial charge in [-0.2, -0.15) is 0 Å². The Bertz CT molecular complexity index is 1210. The van der Waals surface area contributed by atoms with Gasteiger partial charge in [0.15, 0.2) is 5.78 Å². The summed E-state index contributed by atoms with van der Waals surface area (Å²) in [5.74, 6) is -0.110. The number of para-hydroxylation sites is 2. The topological polar surface area (TPSA) is 44.4 Å². The van der Waals surface area contributed by atoms with Gasteiger partial charge in [-0.3, -0.25) is 4.79 Å². The second-order valence-corrected chi connectivity index (χ2v) is 8.98. The predicted octanol–water partition coefficient (Wildman–Crippen LogP) is 6.65. The molecule has 0 amide bonds. The lowest BCUT2D eigenvalue weighted by Gasteiger charge is -2.30. The first-order chi connectivity index (χ1) is 16.6. The van der Waals surface area contributed by atoms with E-state index >= 15 is 0 Å². The Labute approximate surface area is 200 Å². The molecular formula is C29H30FN3O. The summed E-state index contributed by atoms with van der Waals surface area (Å²) in [5, 5.41) is 7.20. The van der Waals surface area contributed by atoms with Crippen LogP contribution in [0, 0.1) is 5.82 Å². The summed E-state index contributed by atoms with van der Waals surface area (Å²) >= 11 is 0. The number of carbonyl (C=O) groups excluding carboxylic acids is 1. The monoisotopic (exact) mass is 455 g/mol. The first-order valence-corrected chi connectivity index (χ1v) is 12.1. The first kappa shape index (κ1) is 22.2. The minimum Gasteiger partial charge on any atom is -0.372 e. The molecule has 1 aliphatic carbocycles. The number of rotatable bonds is 5. The number of fused-ring (bicyclic) bond motifs is 1. The van der Waals surface area contributed by atoms with Gasteiger partial charge < -0.3 is 15.5 Å². The summed E-state index contributed by atoms with van der Waals surface area (Å²) in [6.07, 6.45) is 1.12. The molecule has 174 valence electrons. The average molecular weight is 456 g/mol. The van der Waals surface area contributed by atoms with E-state index in [9.17, 15) is 9.18 Å². The molecule has 1 aliphatic heterocycles. The largest absolute Gasteiger partial charge is 0.372 e. The smallest absolute Gasteiger partial charge is 0.163 e. The van der Waals surface area contributed by atoms with E-state index in [-0.39, 0.29) is 23.6 Å². The molecule has 0 unspecified atom stereocenters. The van der Waals surface area contributed by atoms with Crippen LogP contribution in [0.15, 0.2) is 84.1 Å². The first-order valence-electron chi connectivity index (χ1n) is 12.1. The Kier molecular flexibility index (Phi) is 6.10. The lowest BCUT2D eigenvalue weighted by molar-refractivity contribution is -0.116. The zero-order chi connectivity index (χ0) is 23.7. The minimum atomic E-state index is -0.260. The molecule has 0 radical (unpaired) electrons. The molecule has 2 N–H and O–H groups in total. The summed E-state index contributed by atoms with van der Waals surface area (Å²) in [5.41, 5.74) is 6.92. The van der Waals surface area contributed by atoms with E-state index in [4.69, 9.17) is 0 Å². The Balaban J connectivity index is 1.55. The molecule has 0 bridgehead atoms. The number of anilines is 3. The van der Waals surface area contributed by atoms with E-state index in [1.54, 1.807) is 12.1 Å². The van der Waals surface area contributed by atoms with Crippen LogP contribution >= 0.6 is 0 Å². The zero-order valence-corrected chi connectivity index (χ0v) is 19.6. The number of halogens is 1. The number of ketones is 1. The van der Waals surface area contributed by atoms with Crippen molar-refractivity contribution in [1.29, 1.82) is 0 Å². The van der Waals surface area contributed by atoms with E-state index < -0.39 is 0 Å². The van der Waals surface area contributed by atoms with Crippen LogP contribution < -0.4 is 15.5 Å². The third kappa shape index (κ3) is 4.18. The fourth-order valence-corrected chi connectivity index (χ4v) is 5.18. The van der Waals surface area contributed by atoms with Crippen molar-refractivity contribution in [3.8, 4) is 0 Å². The maximum absolute atomic E-state index is 13.6. The summed E-state index contributed by atoms with van der Waals surface area (Å²) in [6, 6.07) is 22.9. The van der Waals surface area contributed by atoms with Gasteiger partial charge in [-0.1, -0.05) is 36.4 Å². The zero-order valence-electron chi connectivity index (χ0n) is 19.6. The Hall–Kier alpha value is -3.60. The van der Waals surface area contributed by atoms with E-state index in [1.165, 1.54) is 17.8 Å². The molecule has 0 fully saturated rings. The SMILES string of the molecule is CCN(CC)c1ccc([C@@H]2Nc3ccccc3NC3=C2C(=O)C[C@@H](c2ccc(F)cc2)C3)cc1. The van der Waals surface area contributed by atoms with Crippen LogP contribution in [0.3, 0.4) is 0 Å². The van der Waals surface area contributed by atoms with Gasteiger partial charge in [0, 0.05) is 36.5 Å². The van der Waals surface area contributed by atoms with E-state index in [2.05, 4.69) is 53.6 Å². The maximum atomic E-state index is 13.6. The van der Waals surface area contributed by atoms with E-state index in [0.717, 1.165) is 46.9 Å². The van der Waals surface area contributed by atoms with Crippen molar-refractivity contribution in [2.45, 2.75) is 38.6 Å². The molecular weight excluding hydrogens is 425 g/mol. The second-order valence-electron chi connectivity index (χ2n) is 8.98. The highest BCUT2D eigenvalue weighted by molar-refractivity contribution is 6.01. The van der Waals surface area contributed by atoms with Crippen LogP contribution in [0.2, 0.25) is 0 Å². The molecule has 5 rings (SSSR count). The lowest BCUT2D eigenvalue weighted by Crippen LogP contribution is -2.27. The Morgan fingerprint density at radius 3 is 2.18 bits per heavy atom. The molecule has 0 aromatic heterocycles. The highest BCUT2D eigenvalue weighted by Crippen LogP contribution is 2.44. The van der Waals surface area contributed by atoms with Crippen LogP contribution in [0.5, 0.6) is 0 Å². The van der Waals surface area contributed by atoms with Gasteiger partial charge in [0.25, 0.3) is 0 Å². The van der Waals surface area contributed by atoms with Crippen molar-refractivity contribution in [1.82, 2.24) is 0 Å². The van der Waals surface area contributed by atoms with Crippen molar-refractivity contribution in [2.75, 3.05) is 28.6 Å². The molecule has 0 saturated carbocycles. The van der Waals surface area contributed by atoms with E-state index in [0.29, 0.717) is 12.8 Å². The Morgan fingerprint density at radius 2 is 1.50 bits per heavy atom. The number of allylic oxidation sites excluding steroid dienone is 1. The molecule has 5 heteroatoms. The molecule has 0 saturated heterocycles. The number of Topliss-reactive ketones (excluding diaryl/α,β-unsaturated/α-hetero) is 1. The molecule has 2 aliphatic rings. The number of carbonyl (C=O) groups is 1. The molecule has 1 heterocycles. The van der Waals surface area contributed by atoms with Crippen LogP contribution in [-0.4, -0.2) is 18.9 Å². The third-order valence-electron chi connectivity index (χ3n) is 7.01. The van der Waals surface area contributed by atoms with Gasteiger partial charge in [-0.25, -0.2) is 4.39 Å². The maximum Gasteiger partial charge on any atom is 0.163 e. The third-order valence-corrected chi connectivity index (χ3v) is 7.01. The average Bonchev–Trinajstić information content (AvgIpc) is 3.02. The van der Waals surface area contributed by atoms with Gasteiger partial charge >= 0.3 is 0 Å². The van der Waals surface area contributed by atoms with Gasteiger partial charge in [0.05, 0.1) is 17.4 Å². The number of hydrogen-bond donors (Lipinski definition) is 2. The van der Waals surface area contributed by atoms with Crippen LogP contribution in [0.4, 0.5) is 21.5 Å². The molecule has 0 spiro atoms. The minimum absolute atomic E-state index is 0.0234. The second kappa shape index (κ2) is 9.34. The van der Waals surface area contributed by atoms with Gasteiger partial charge in [0.1, 0.15) is 5.82 Å². The molecule has 4 nitrogen and oxygen atoms in total. The summed E-state index contributed by atoms with van der Waals surface area (Å²) < 4.78 is 13.5. The van der Waals surface area contributed by atoms with Gasteiger partial charge in [-0.15, -0.1) is 0 Å².